The molecule has 0 unspecified atom stereocenters. The van der Waals surface area contributed by atoms with Crippen LogP contribution in [0.1, 0.15) is 52.4 Å². The van der Waals surface area contributed by atoms with E-state index in [1.165, 1.54) is 6.20 Å². The van der Waals surface area contributed by atoms with Crippen molar-refractivity contribution in [3.8, 4) is 22.8 Å². The molecule has 41 heavy (non-hydrogen) atoms. The van der Waals surface area contributed by atoms with E-state index in [-0.39, 0.29) is 30.0 Å². The number of hydrogen-bond acceptors (Lipinski definition) is 6. The molecule has 1 aliphatic heterocycles. The van der Waals surface area contributed by atoms with Gasteiger partial charge >= 0.3 is 5.69 Å². The molecule has 5 rings (SSSR count). The van der Waals surface area contributed by atoms with Gasteiger partial charge in [-0.15, -0.1) is 0 Å². The third kappa shape index (κ3) is 5.41. The number of hydrogen-bond donors (Lipinski definition) is 2. The van der Waals surface area contributed by atoms with Crippen LogP contribution in [0, 0.1) is 20.8 Å². The van der Waals surface area contributed by atoms with Gasteiger partial charge in [0.15, 0.2) is 17.3 Å². The molecule has 0 saturated heterocycles. The van der Waals surface area contributed by atoms with Crippen molar-refractivity contribution in [1.29, 1.82) is 0 Å². The van der Waals surface area contributed by atoms with Gasteiger partial charge in [0.1, 0.15) is 11.1 Å². The van der Waals surface area contributed by atoms with Gasteiger partial charge in [0.2, 0.25) is 0 Å². The molecular formula is C31H35N5O5. The summed E-state index contributed by atoms with van der Waals surface area (Å²) in [5.41, 5.74) is 6.64. The number of ether oxygens (including phenoxy) is 2. The number of nitrogens with one attached hydrogen (secondary N) is 2. The zero-order chi connectivity index (χ0) is 29.3. The van der Waals surface area contributed by atoms with Crippen LogP contribution < -0.4 is 26.2 Å². The zero-order valence-electron chi connectivity index (χ0n) is 24.1. The summed E-state index contributed by atoms with van der Waals surface area (Å²) in [6, 6.07) is 10.0. The van der Waals surface area contributed by atoms with Crippen molar-refractivity contribution < 1.29 is 14.3 Å². The lowest BCUT2D eigenvalue weighted by Gasteiger charge is -2.25. The first-order chi connectivity index (χ1) is 19.7. The topological polar surface area (TPSA) is 123 Å². The number of benzene rings is 2. The van der Waals surface area contributed by atoms with Crippen LogP contribution in [0.25, 0.3) is 11.3 Å². The van der Waals surface area contributed by atoms with Gasteiger partial charge in [-0.1, -0.05) is 17.7 Å². The summed E-state index contributed by atoms with van der Waals surface area (Å²) in [5, 5.41) is 4.95. The summed E-state index contributed by atoms with van der Waals surface area (Å²) in [4.78, 5) is 43.5. The predicted octanol–water partition coefficient (Wildman–Crippen LogP) is 4.12. The van der Waals surface area contributed by atoms with Gasteiger partial charge in [-0.2, -0.15) is 0 Å². The van der Waals surface area contributed by atoms with E-state index in [2.05, 4.69) is 22.3 Å². The third-order valence-corrected chi connectivity index (χ3v) is 7.46. The lowest BCUT2D eigenvalue weighted by atomic mass is 9.97. The van der Waals surface area contributed by atoms with E-state index in [9.17, 15) is 14.4 Å². The second-order valence-corrected chi connectivity index (χ2v) is 10.4. The Hall–Kier alpha value is -4.60. The van der Waals surface area contributed by atoms with Crippen LogP contribution in [-0.2, 0) is 19.5 Å². The molecule has 0 radical (unpaired) electrons. The van der Waals surface area contributed by atoms with Gasteiger partial charge in [0.05, 0.1) is 25.1 Å². The second-order valence-electron chi connectivity index (χ2n) is 10.4. The SMILES string of the molecule is CCOc1cc2c(cc1OC)-c1cc(=Nc3c(C)cc(C)cc3C)n(CCCC(=O)c3c[nH][nH]c3=O)c(=O)n1CC2. The van der Waals surface area contributed by atoms with Gasteiger partial charge in [-0.3, -0.25) is 23.8 Å². The second kappa shape index (κ2) is 11.5. The number of aryl methyl sites for hydroxylation is 4. The maximum atomic E-state index is 14.0. The number of aromatic amines is 2. The van der Waals surface area contributed by atoms with Crippen LogP contribution in [0.2, 0.25) is 0 Å². The molecule has 4 aromatic rings. The van der Waals surface area contributed by atoms with Crippen molar-refractivity contribution in [2.45, 2.75) is 60.0 Å². The molecule has 2 N–H and O–H groups in total. The Morgan fingerprint density at radius 2 is 1.80 bits per heavy atom. The average molecular weight is 558 g/mol. The highest BCUT2D eigenvalue weighted by Gasteiger charge is 2.23. The molecule has 10 nitrogen and oxygen atoms in total. The summed E-state index contributed by atoms with van der Waals surface area (Å²) in [7, 11) is 1.60. The van der Waals surface area contributed by atoms with E-state index in [0.717, 1.165) is 39.2 Å². The van der Waals surface area contributed by atoms with Gasteiger partial charge in [-0.05, 0) is 69.4 Å². The van der Waals surface area contributed by atoms with Gasteiger partial charge in [-0.25, -0.2) is 9.79 Å². The minimum Gasteiger partial charge on any atom is -0.493 e. The Morgan fingerprint density at radius 1 is 1.05 bits per heavy atom. The van der Waals surface area contributed by atoms with E-state index < -0.39 is 5.56 Å². The monoisotopic (exact) mass is 557 g/mol. The van der Waals surface area contributed by atoms with Crippen LogP contribution in [-0.4, -0.2) is 38.8 Å². The molecule has 0 fully saturated rings. The molecule has 3 heterocycles. The Balaban J connectivity index is 1.64. The normalized spacial score (nSPS) is 12.7. The number of fused-ring (bicyclic) bond motifs is 3. The Morgan fingerprint density at radius 3 is 2.46 bits per heavy atom. The minimum absolute atomic E-state index is 0.0879. The lowest BCUT2D eigenvalue weighted by molar-refractivity contribution is 0.0977. The fourth-order valence-corrected chi connectivity index (χ4v) is 5.58. The third-order valence-electron chi connectivity index (χ3n) is 7.46. The molecular weight excluding hydrogens is 522 g/mol. The molecule has 0 atom stereocenters. The minimum atomic E-state index is -0.445. The first-order valence-corrected chi connectivity index (χ1v) is 13.8. The van der Waals surface area contributed by atoms with Gasteiger partial charge in [0.25, 0.3) is 5.56 Å². The number of nitrogens with zero attached hydrogens (tertiary/aromatic N) is 3. The van der Waals surface area contributed by atoms with Crippen molar-refractivity contribution in [3.05, 3.63) is 90.7 Å². The molecule has 0 spiro atoms. The van der Waals surface area contributed by atoms with E-state index in [4.69, 9.17) is 14.5 Å². The summed E-state index contributed by atoms with van der Waals surface area (Å²) in [5.74, 6) is 1.00. The fraction of sp³-hybridized carbons (Fsp3) is 0.355. The quantitative estimate of drug-likeness (QED) is 0.300. The zero-order valence-corrected chi connectivity index (χ0v) is 24.1. The molecule has 0 saturated carbocycles. The van der Waals surface area contributed by atoms with Crippen LogP contribution in [0.4, 0.5) is 5.69 Å². The number of H-pyrrole nitrogens is 2. The highest BCUT2D eigenvalue weighted by molar-refractivity contribution is 5.95. The Kier molecular flexibility index (Phi) is 7.83. The number of ketones is 1. The maximum absolute atomic E-state index is 14.0. The van der Waals surface area contributed by atoms with Crippen molar-refractivity contribution >= 4 is 11.5 Å². The fourth-order valence-electron chi connectivity index (χ4n) is 5.58. The molecule has 2 aromatic carbocycles. The Labute approximate surface area is 237 Å². The smallest absolute Gasteiger partial charge is 0.330 e. The highest BCUT2D eigenvalue weighted by Crippen LogP contribution is 2.37. The summed E-state index contributed by atoms with van der Waals surface area (Å²) in [6.07, 6.45) is 2.53. The van der Waals surface area contributed by atoms with Crippen molar-refractivity contribution in [2.75, 3.05) is 13.7 Å². The molecule has 0 aliphatic carbocycles. The van der Waals surface area contributed by atoms with Crippen molar-refractivity contribution in [2.24, 2.45) is 4.99 Å². The number of carbonyl (C=O) groups is 1. The summed E-state index contributed by atoms with van der Waals surface area (Å²) in [6.45, 7) is 9.29. The van der Waals surface area contributed by atoms with E-state index in [1.54, 1.807) is 16.2 Å². The molecule has 214 valence electrons. The van der Waals surface area contributed by atoms with E-state index in [1.807, 2.05) is 45.9 Å². The molecule has 10 heteroatoms. The average Bonchev–Trinajstić information content (AvgIpc) is 3.37. The number of rotatable bonds is 9. The van der Waals surface area contributed by atoms with E-state index >= 15 is 0 Å². The van der Waals surface area contributed by atoms with Crippen LogP contribution in [0.15, 0.2) is 51.1 Å². The van der Waals surface area contributed by atoms with Crippen molar-refractivity contribution in [1.82, 2.24) is 19.3 Å². The predicted molar refractivity (Wildman–Crippen MR) is 156 cm³/mol. The lowest BCUT2D eigenvalue weighted by Crippen LogP contribution is -2.42. The number of Topliss-reactive ketones (excluding diaryl/α,β-unsaturated/α-hetero) is 1. The largest absolute Gasteiger partial charge is 0.493 e. The van der Waals surface area contributed by atoms with Crippen LogP contribution >= 0.6 is 0 Å². The van der Waals surface area contributed by atoms with E-state index in [0.29, 0.717) is 43.0 Å². The summed E-state index contributed by atoms with van der Waals surface area (Å²) < 4.78 is 14.8. The molecule has 1 aliphatic rings. The first-order valence-electron chi connectivity index (χ1n) is 13.8. The van der Waals surface area contributed by atoms with Crippen LogP contribution in [0.3, 0.4) is 0 Å². The first kappa shape index (κ1) is 27.9. The summed E-state index contributed by atoms with van der Waals surface area (Å²) >= 11 is 0. The maximum Gasteiger partial charge on any atom is 0.330 e. The standard InChI is InChI=1S/C31H35N5O5/c1-6-41-27-14-21-9-11-35-24(22(21)15-26(27)40-5)16-28(33-29-19(3)12-18(2)13-20(29)4)36(31(35)39)10-7-8-25(37)23-17-32-34-30(23)38/h12-17H,6-11H2,1-5H3,(H2,32,34,38). The van der Waals surface area contributed by atoms with Gasteiger partial charge < -0.3 is 14.6 Å². The highest BCUT2D eigenvalue weighted by atomic mass is 16.5. The number of methoxy groups -OCH3 is 1. The number of carbonyl (C=O) groups excluding carboxylic acids is 1. The molecule has 0 bridgehead atoms. The molecule has 2 aromatic heterocycles. The van der Waals surface area contributed by atoms with Gasteiger partial charge in [0, 0.05) is 37.3 Å². The Bertz CT molecular complexity index is 1800. The van der Waals surface area contributed by atoms with Crippen LogP contribution in [0.5, 0.6) is 11.5 Å². The number of aromatic nitrogens is 4. The van der Waals surface area contributed by atoms with Crippen molar-refractivity contribution in [3.63, 3.8) is 0 Å². The molecule has 0 amide bonds.